The van der Waals surface area contributed by atoms with Crippen LogP contribution in [0.15, 0.2) is 48.5 Å². The fourth-order valence-corrected chi connectivity index (χ4v) is 4.99. The number of hydrogen-bond acceptors (Lipinski definition) is 4. The number of carboxylic acids is 1. The lowest BCUT2D eigenvalue weighted by Crippen LogP contribution is -2.58. The Kier molecular flexibility index (Phi) is 7.73. The molecule has 0 aliphatic heterocycles. The van der Waals surface area contributed by atoms with Crippen molar-refractivity contribution in [2.24, 2.45) is 5.92 Å². The summed E-state index contributed by atoms with van der Waals surface area (Å²) in [6.45, 7) is 2.48. The average Bonchev–Trinajstić information content (AvgIpc) is 3.65. The van der Waals surface area contributed by atoms with Gasteiger partial charge in [-0.25, -0.2) is 4.79 Å². The summed E-state index contributed by atoms with van der Waals surface area (Å²) >= 11 is 0. The van der Waals surface area contributed by atoms with E-state index in [2.05, 4.69) is 34.9 Å². The first kappa shape index (κ1) is 24.8. The molecule has 7 heteroatoms. The molecule has 2 aliphatic carbocycles. The van der Waals surface area contributed by atoms with Crippen LogP contribution in [0, 0.1) is 5.92 Å². The summed E-state index contributed by atoms with van der Waals surface area (Å²) in [6, 6.07) is 16.4. The Labute approximate surface area is 206 Å². The van der Waals surface area contributed by atoms with Crippen molar-refractivity contribution >= 4 is 18.0 Å². The van der Waals surface area contributed by atoms with Crippen LogP contribution < -0.4 is 10.6 Å². The number of unbranched alkanes of at least 4 members (excludes halogenated alkanes) is 3. The van der Waals surface area contributed by atoms with E-state index in [0.29, 0.717) is 13.0 Å². The molecule has 0 bridgehead atoms. The van der Waals surface area contributed by atoms with Crippen molar-refractivity contribution in [3.8, 4) is 11.1 Å². The van der Waals surface area contributed by atoms with Crippen LogP contribution in [0.4, 0.5) is 4.79 Å². The molecule has 2 amide bonds. The van der Waals surface area contributed by atoms with E-state index in [4.69, 9.17) is 9.84 Å². The molecule has 186 valence electrons. The number of carbonyl (C=O) groups excluding carboxylic acids is 2. The number of aliphatic carboxylic acids is 1. The van der Waals surface area contributed by atoms with Gasteiger partial charge in [0.1, 0.15) is 12.1 Å². The quantitative estimate of drug-likeness (QED) is 0.379. The first-order chi connectivity index (χ1) is 16.9. The Bertz CT molecular complexity index is 1040. The van der Waals surface area contributed by atoms with Crippen LogP contribution in [0.1, 0.15) is 68.9 Å². The van der Waals surface area contributed by atoms with Gasteiger partial charge >= 0.3 is 12.1 Å². The summed E-state index contributed by atoms with van der Waals surface area (Å²) in [5.74, 6) is -0.911. The minimum absolute atomic E-state index is 0.0321. The van der Waals surface area contributed by atoms with E-state index in [9.17, 15) is 14.4 Å². The van der Waals surface area contributed by atoms with Gasteiger partial charge in [0.25, 0.3) is 0 Å². The van der Waals surface area contributed by atoms with E-state index in [-0.39, 0.29) is 30.8 Å². The molecule has 0 radical (unpaired) electrons. The van der Waals surface area contributed by atoms with Gasteiger partial charge in [-0.05, 0) is 60.8 Å². The highest BCUT2D eigenvalue weighted by atomic mass is 16.5. The molecule has 0 aromatic heterocycles. The van der Waals surface area contributed by atoms with Crippen molar-refractivity contribution < 1.29 is 24.2 Å². The lowest BCUT2D eigenvalue weighted by atomic mass is 9.94. The molecule has 1 fully saturated rings. The van der Waals surface area contributed by atoms with Crippen LogP contribution in [0.5, 0.6) is 0 Å². The van der Waals surface area contributed by atoms with Crippen LogP contribution in [-0.4, -0.2) is 41.8 Å². The van der Waals surface area contributed by atoms with Gasteiger partial charge in [-0.2, -0.15) is 0 Å². The normalized spacial score (nSPS) is 16.0. The minimum atomic E-state index is -1.01. The third-order valence-electron chi connectivity index (χ3n) is 7.17. The Morgan fingerprint density at radius 2 is 1.54 bits per heavy atom. The predicted molar refractivity (Wildman–Crippen MR) is 133 cm³/mol. The second kappa shape index (κ2) is 10.9. The monoisotopic (exact) mass is 478 g/mol. The number of alkyl carbamates (subject to hydrolysis) is 1. The zero-order valence-electron chi connectivity index (χ0n) is 20.2. The molecule has 0 saturated heterocycles. The molecule has 35 heavy (non-hydrogen) atoms. The van der Waals surface area contributed by atoms with Crippen LogP contribution in [-0.2, 0) is 14.3 Å². The standard InChI is InChI=1S/C28H34N2O5/c1-28(19-15-16-19,26(33)29-17-9-3-2-4-14-25(31)32)30-27(34)35-18-24-22-12-7-5-10-20(22)21-11-6-8-13-23(21)24/h5-8,10-13,19,24H,2-4,9,14-18H2,1H3,(H,29,33)(H,30,34)(H,31,32). The smallest absolute Gasteiger partial charge is 0.408 e. The van der Waals surface area contributed by atoms with E-state index >= 15 is 0 Å². The van der Waals surface area contributed by atoms with Crippen molar-refractivity contribution in [3.05, 3.63) is 59.7 Å². The highest BCUT2D eigenvalue weighted by Gasteiger charge is 2.48. The molecule has 2 aromatic rings. The van der Waals surface area contributed by atoms with Crippen LogP contribution in [0.2, 0.25) is 0 Å². The molecule has 2 aliphatic rings. The second-order valence-corrected chi connectivity index (χ2v) is 9.74. The first-order valence-electron chi connectivity index (χ1n) is 12.5. The number of carboxylic acid groups (broad SMARTS) is 1. The third kappa shape index (κ3) is 5.84. The van der Waals surface area contributed by atoms with Gasteiger partial charge < -0.3 is 20.5 Å². The maximum atomic E-state index is 13.0. The number of ether oxygens (including phenoxy) is 1. The zero-order chi connectivity index (χ0) is 24.8. The molecular weight excluding hydrogens is 444 g/mol. The van der Waals surface area contributed by atoms with Gasteiger partial charge in [0.05, 0.1) is 0 Å². The fraction of sp³-hybridized carbons (Fsp3) is 0.464. The highest BCUT2D eigenvalue weighted by molar-refractivity contribution is 5.90. The van der Waals surface area contributed by atoms with Crippen LogP contribution in [0.25, 0.3) is 11.1 Å². The minimum Gasteiger partial charge on any atom is -0.481 e. The molecule has 1 saturated carbocycles. The molecule has 7 nitrogen and oxygen atoms in total. The topological polar surface area (TPSA) is 105 Å². The van der Waals surface area contributed by atoms with Crippen molar-refractivity contribution in [1.82, 2.24) is 10.6 Å². The number of fused-ring (bicyclic) bond motifs is 3. The number of benzene rings is 2. The van der Waals surface area contributed by atoms with Crippen molar-refractivity contribution in [3.63, 3.8) is 0 Å². The fourth-order valence-electron chi connectivity index (χ4n) is 4.99. The predicted octanol–water partition coefficient (Wildman–Crippen LogP) is 4.85. The van der Waals surface area contributed by atoms with Crippen molar-refractivity contribution in [2.45, 2.75) is 63.3 Å². The number of carbonyl (C=O) groups is 3. The highest BCUT2D eigenvalue weighted by Crippen LogP contribution is 2.44. The summed E-state index contributed by atoms with van der Waals surface area (Å²) < 4.78 is 5.67. The van der Waals surface area contributed by atoms with Gasteiger partial charge in [-0.15, -0.1) is 0 Å². The van der Waals surface area contributed by atoms with Gasteiger partial charge in [0, 0.05) is 18.9 Å². The van der Waals surface area contributed by atoms with Gasteiger partial charge in [-0.1, -0.05) is 61.4 Å². The van der Waals surface area contributed by atoms with Crippen molar-refractivity contribution in [2.75, 3.05) is 13.2 Å². The lowest BCUT2D eigenvalue weighted by molar-refractivity contribution is -0.137. The molecular formula is C28H34N2O5. The maximum Gasteiger partial charge on any atom is 0.408 e. The van der Waals surface area contributed by atoms with Gasteiger partial charge in [-0.3, -0.25) is 9.59 Å². The van der Waals surface area contributed by atoms with Crippen LogP contribution in [0.3, 0.4) is 0 Å². The Morgan fingerprint density at radius 3 is 2.14 bits per heavy atom. The summed E-state index contributed by atoms with van der Waals surface area (Å²) in [5, 5.41) is 14.5. The number of nitrogens with one attached hydrogen (secondary N) is 2. The van der Waals surface area contributed by atoms with Crippen molar-refractivity contribution in [1.29, 1.82) is 0 Å². The Morgan fingerprint density at radius 1 is 0.943 bits per heavy atom. The molecule has 4 rings (SSSR count). The van der Waals surface area contributed by atoms with E-state index in [1.807, 2.05) is 24.3 Å². The molecule has 3 N–H and O–H groups in total. The van der Waals surface area contributed by atoms with E-state index in [1.165, 1.54) is 11.1 Å². The molecule has 1 atom stereocenters. The average molecular weight is 479 g/mol. The Balaban J connectivity index is 1.29. The molecule has 0 heterocycles. The third-order valence-corrected chi connectivity index (χ3v) is 7.17. The zero-order valence-corrected chi connectivity index (χ0v) is 20.2. The van der Waals surface area contributed by atoms with Gasteiger partial charge in [0.15, 0.2) is 0 Å². The SMILES string of the molecule is CC(NC(=O)OCC1c2ccccc2-c2ccccc21)(C(=O)NCCCCCCC(=O)O)C1CC1. The Hall–Kier alpha value is -3.35. The lowest BCUT2D eigenvalue weighted by Gasteiger charge is -2.29. The summed E-state index contributed by atoms with van der Waals surface area (Å²) in [5.41, 5.74) is 3.62. The number of rotatable bonds is 12. The van der Waals surface area contributed by atoms with Gasteiger partial charge in [0.2, 0.25) is 5.91 Å². The molecule has 1 unspecified atom stereocenters. The molecule has 0 spiro atoms. The summed E-state index contributed by atoms with van der Waals surface area (Å²) in [6.07, 6.45) is 4.48. The van der Waals surface area contributed by atoms with Crippen LogP contribution >= 0.6 is 0 Å². The number of hydrogen-bond donors (Lipinski definition) is 3. The molecule has 2 aromatic carbocycles. The van der Waals surface area contributed by atoms with E-state index in [1.54, 1.807) is 6.92 Å². The largest absolute Gasteiger partial charge is 0.481 e. The second-order valence-electron chi connectivity index (χ2n) is 9.74. The maximum absolute atomic E-state index is 13.0. The van der Waals surface area contributed by atoms with E-state index in [0.717, 1.165) is 43.2 Å². The number of amides is 2. The first-order valence-corrected chi connectivity index (χ1v) is 12.5. The van der Waals surface area contributed by atoms with E-state index < -0.39 is 17.6 Å². The summed E-state index contributed by atoms with van der Waals surface area (Å²) in [7, 11) is 0. The summed E-state index contributed by atoms with van der Waals surface area (Å²) in [4.78, 5) is 36.4.